The molecule has 178 valence electrons. The van der Waals surface area contributed by atoms with Gasteiger partial charge in [-0.25, -0.2) is 4.79 Å². The normalized spacial score (nSPS) is 12.1. The van der Waals surface area contributed by atoms with Gasteiger partial charge in [-0.05, 0) is 55.8 Å². The zero-order valence-electron chi connectivity index (χ0n) is 19.1. The summed E-state index contributed by atoms with van der Waals surface area (Å²) in [4.78, 5) is 33.5. The van der Waals surface area contributed by atoms with Crippen molar-refractivity contribution < 1.29 is 19.2 Å². The molecule has 0 aromatic heterocycles. The quantitative estimate of drug-likeness (QED) is 0.0558. The van der Waals surface area contributed by atoms with E-state index in [1.807, 2.05) is 0 Å². The summed E-state index contributed by atoms with van der Waals surface area (Å²) in [6.07, 6.45) is 16.6. The Bertz CT molecular complexity index is 718. The Morgan fingerprint density at radius 3 is 2.31 bits per heavy atom. The second-order valence-electron chi connectivity index (χ2n) is 8.05. The molecule has 0 unspecified atom stereocenters. The molecule has 1 aromatic carbocycles. The van der Waals surface area contributed by atoms with Crippen LogP contribution in [0.25, 0.3) is 0 Å². The lowest BCUT2D eigenvalue weighted by molar-refractivity contribution is -0.384. The highest BCUT2D eigenvalue weighted by Crippen LogP contribution is 2.17. The maximum Gasteiger partial charge on any atom is 0.338 e. The predicted molar refractivity (Wildman–Crippen MR) is 128 cm³/mol. The van der Waals surface area contributed by atoms with Gasteiger partial charge in [0.05, 0.1) is 10.5 Å². The molecule has 0 N–H and O–H groups in total. The predicted octanol–water partition coefficient (Wildman–Crippen LogP) is 7.53. The van der Waals surface area contributed by atoms with Crippen LogP contribution in [0.15, 0.2) is 36.4 Å². The number of nitrogens with zero attached hydrogens (tertiary/aromatic N) is 1. The Morgan fingerprint density at radius 1 is 1.00 bits per heavy atom. The van der Waals surface area contributed by atoms with E-state index in [2.05, 4.69) is 19.1 Å². The minimum absolute atomic E-state index is 0.0480. The number of nitro benzene ring substituents is 1. The maximum absolute atomic E-state index is 12.5. The fourth-order valence-electron chi connectivity index (χ4n) is 3.38. The van der Waals surface area contributed by atoms with Crippen LogP contribution in [0.4, 0.5) is 5.69 Å². The molecule has 0 radical (unpaired) electrons. The molecule has 0 aliphatic rings. The summed E-state index contributed by atoms with van der Waals surface area (Å²) in [6.45, 7) is 2.16. The van der Waals surface area contributed by atoms with Crippen molar-refractivity contribution in [1.29, 1.82) is 0 Å². The molecule has 6 nitrogen and oxygen atoms in total. The number of non-ortho nitro benzene ring substituents is 1. The highest BCUT2D eigenvalue weighted by atomic mass is 35.5. The Morgan fingerprint density at radius 2 is 1.66 bits per heavy atom. The van der Waals surface area contributed by atoms with Gasteiger partial charge >= 0.3 is 5.97 Å². The van der Waals surface area contributed by atoms with Gasteiger partial charge in [0, 0.05) is 25.0 Å². The Labute approximate surface area is 196 Å². The van der Waals surface area contributed by atoms with Crippen molar-refractivity contribution >= 4 is 28.5 Å². The van der Waals surface area contributed by atoms with Crippen molar-refractivity contribution in [2.45, 2.75) is 96.5 Å². The standard InChI is InChI=1S/C25H36ClNO5/c1-2-3-4-11-14-23(15-12-9-7-5-6-8-10-13-16-24(26)28)32-25(29)21-17-19-22(20-18-21)27(30)31/h9,12,17-20,23H,2-8,10-11,13-16H2,1H3/b12-9-/t23-/m1/s1. The fourth-order valence-corrected chi connectivity index (χ4v) is 3.52. The molecular weight excluding hydrogens is 430 g/mol. The van der Waals surface area contributed by atoms with Crippen LogP contribution >= 0.6 is 11.6 Å². The second kappa shape index (κ2) is 17.4. The van der Waals surface area contributed by atoms with Crippen molar-refractivity contribution in [3.63, 3.8) is 0 Å². The van der Waals surface area contributed by atoms with Gasteiger partial charge in [0.15, 0.2) is 0 Å². The van der Waals surface area contributed by atoms with Crippen LogP contribution < -0.4 is 0 Å². The van der Waals surface area contributed by atoms with Gasteiger partial charge in [-0.1, -0.05) is 57.6 Å². The summed E-state index contributed by atoms with van der Waals surface area (Å²) in [5.74, 6) is -0.441. The molecule has 0 fully saturated rings. The van der Waals surface area contributed by atoms with Crippen LogP contribution in [0.2, 0.25) is 0 Å². The van der Waals surface area contributed by atoms with E-state index in [9.17, 15) is 19.7 Å². The first kappa shape index (κ1) is 27.8. The minimum atomic E-state index is -0.489. The number of hydrogen-bond acceptors (Lipinski definition) is 5. The molecule has 0 saturated heterocycles. The number of hydrogen-bond donors (Lipinski definition) is 0. The van der Waals surface area contributed by atoms with Crippen molar-refractivity contribution in [2.24, 2.45) is 0 Å². The molecule has 0 aliphatic heterocycles. The molecule has 0 spiro atoms. The Balaban J connectivity index is 2.42. The monoisotopic (exact) mass is 465 g/mol. The van der Waals surface area contributed by atoms with Gasteiger partial charge in [0.25, 0.3) is 5.69 Å². The number of rotatable bonds is 18. The third kappa shape index (κ3) is 13.3. The maximum atomic E-state index is 12.5. The summed E-state index contributed by atoms with van der Waals surface area (Å²) in [5, 5.41) is 10.5. The molecule has 0 saturated carbocycles. The molecule has 0 aliphatic carbocycles. The zero-order valence-corrected chi connectivity index (χ0v) is 19.9. The lowest BCUT2D eigenvalue weighted by atomic mass is 10.1. The number of halogens is 1. The van der Waals surface area contributed by atoms with Gasteiger partial charge in [-0.3, -0.25) is 14.9 Å². The van der Waals surface area contributed by atoms with Crippen molar-refractivity contribution in [3.8, 4) is 0 Å². The summed E-state index contributed by atoms with van der Waals surface area (Å²) in [7, 11) is 0. The molecule has 0 amide bonds. The Kier molecular flexibility index (Phi) is 15.1. The molecule has 1 atom stereocenters. The third-order valence-corrected chi connectivity index (χ3v) is 5.47. The average molecular weight is 466 g/mol. The first-order valence-electron chi connectivity index (χ1n) is 11.7. The van der Waals surface area contributed by atoms with Crippen molar-refractivity contribution in [2.75, 3.05) is 0 Å². The molecular formula is C25H36ClNO5. The van der Waals surface area contributed by atoms with E-state index < -0.39 is 10.9 Å². The highest BCUT2D eigenvalue weighted by molar-refractivity contribution is 6.63. The van der Waals surface area contributed by atoms with E-state index in [0.29, 0.717) is 18.4 Å². The SMILES string of the molecule is CCCCCC[C@H](C/C=C\CCCCCCCC(=O)Cl)OC(=O)c1ccc([N+](=O)[O-])cc1. The third-order valence-electron chi connectivity index (χ3n) is 5.28. The number of nitro groups is 1. The molecule has 1 aromatic rings. The molecule has 1 rings (SSSR count). The summed E-state index contributed by atoms with van der Waals surface area (Å²) in [5.41, 5.74) is 0.280. The van der Waals surface area contributed by atoms with Gasteiger partial charge in [0.2, 0.25) is 5.24 Å². The number of carbonyl (C=O) groups is 2. The highest BCUT2D eigenvalue weighted by Gasteiger charge is 2.16. The van der Waals surface area contributed by atoms with Crippen LogP contribution in [0.3, 0.4) is 0 Å². The topological polar surface area (TPSA) is 86.5 Å². The first-order chi connectivity index (χ1) is 15.4. The molecule has 7 heteroatoms. The van der Waals surface area contributed by atoms with Crippen molar-refractivity contribution in [3.05, 3.63) is 52.1 Å². The van der Waals surface area contributed by atoms with Gasteiger partial charge < -0.3 is 4.74 Å². The van der Waals surface area contributed by atoms with E-state index in [0.717, 1.165) is 70.6 Å². The van der Waals surface area contributed by atoms with Crippen LogP contribution in [0, 0.1) is 10.1 Å². The summed E-state index contributed by atoms with van der Waals surface area (Å²) < 4.78 is 5.71. The van der Waals surface area contributed by atoms with Crippen LogP contribution in [-0.4, -0.2) is 22.2 Å². The van der Waals surface area contributed by atoms with Gasteiger partial charge in [-0.15, -0.1) is 0 Å². The van der Waals surface area contributed by atoms with Crippen molar-refractivity contribution in [1.82, 2.24) is 0 Å². The van der Waals surface area contributed by atoms with Crippen LogP contribution in [-0.2, 0) is 9.53 Å². The molecule has 0 bridgehead atoms. The van der Waals surface area contributed by atoms with E-state index in [1.165, 1.54) is 24.3 Å². The molecule has 0 heterocycles. The second-order valence-corrected chi connectivity index (χ2v) is 8.47. The number of carbonyl (C=O) groups excluding carboxylic acids is 2. The lowest BCUT2D eigenvalue weighted by Crippen LogP contribution is -2.18. The van der Waals surface area contributed by atoms with E-state index in [4.69, 9.17) is 16.3 Å². The summed E-state index contributed by atoms with van der Waals surface area (Å²) in [6, 6.07) is 5.52. The van der Waals surface area contributed by atoms with E-state index in [1.54, 1.807) is 0 Å². The fraction of sp³-hybridized carbons (Fsp3) is 0.600. The largest absolute Gasteiger partial charge is 0.458 e. The zero-order chi connectivity index (χ0) is 23.6. The number of esters is 1. The summed E-state index contributed by atoms with van der Waals surface area (Å²) >= 11 is 5.33. The average Bonchev–Trinajstić information content (AvgIpc) is 2.77. The Hall–Kier alpha value is -2.21. The lowest BCUT2D eigenvalue weighted by Gasteiger charge is -2.16. The molecule has 32 heavy (non-hydrogen) atoms. The first-order valence-corrected chi connectivity index (χ1v) is 12.1. The van der Waals surface area contributed by atoms with E-state index in [-0.39, 0.29) is 17.0 Å². The smallest absolute Gasteiger partial charge is 0.338 e. The van der Waals surface area contributed by atoms with E-state index >= 15 is 0 Å². The van der Waals surface area contributed by atoms with Gasteiger partial charge in [0.1, 0.15) is 6.10 Å². The number of ether oxygens (including phenoxy) is 1. The number of benzene rings is 1. The minimum Gasteiger partial charge on any atom is -0.458 e. The number of unbranched alkanes of at least 4 members (excludes halogenated alkanes) is 8. The van der Waals surface area contributed by atoms with Crippen LogP contribution in [0.1, 0.15) is 101 Å². The van der Waals surface area contributed by atoms with Crippen LogP contribution in [0.5, 0.6) is 0 Å². The number of allylic oxidation sites excluding steroid dienone is 1. The van der Waals surface area contributed by atoms with Gasteiger partial charge in [-0.2, -0.15) is 0 Å².